The molecule has 11 nitrogen and oxygen atoms in total. The molecule has 2 atom stereocenters. The molecule has 0 rings (SSSR count). The zero-order chi connectivity index (χ0) is 16.6. The van der Waals surface area contributed by atoms with Crippen LogP contribution in [0.1, 0.15) is 0 Å². The van der Waals surface area contributed by atoms with Gasteiger partial charge in [0.1, 0.15) is 0 Å². The highest BCUT2D eigenvalue weighted by molar-refractivity contribution is 7.46. The van der Waals surface area contributed by atoms with Gasteiger partial charge in [0.25, 0.3) is 0 Å². The SMILES string of the molecule is Cl.Cl.NCCN.O=[P+](O)O[P+](=O)O.OCC(CO)(CO)CO. The summed E-state index contributed by atoms with van der Waals surface area (Å²) < 4.78 is 22.2. The standard InChI is InChI=1S/C5H12O4.C2H8N2.2ClH.O5P2/c6-1-5(2-7,3-8)4-9;3-1-2-4;;;1-6(2)5-7(3)4/h6-9H,1-4H2;1-4H2;2*1H;/p+2. The Kier molecular flexibility index (Phi) is 36.5. The van der Waals surface area contributed by atoms with Gasteiger partial charge < -0.3 is 31.9 Å². The zero-order valence-electron chi connectivity index (χ0n) is 11.5. The van der Waals surface area contributed by atoms with E-state index in [1.165, 1.54) is 0 Å². The minimum Gasteiger partial charge on any atom is -0.396 e. The van der Waals surface area contributed by atoms with Crippen LogP contribution in [-0.4, -0.2) is 69.7 Å². The summed E-state index contributed by atoms with van der Waals surface area (Å²) in [5.41, 5.74) is 8.69. The summed E-state index contributed by atoms with van der Waals surface area (Å²) in [6.07, 6.45) is 0. The first-order chi connectivity index (χ1) is 9.28. The van der Waals surface area contributed by atoms with Crippen LogP contribution in [0.2, 0.25) is 0 Å². The topological polar surface area (TPSA) is 217 Å². The molecule has 15 heteroatoms. The van der Waals surface area contributed by atoms with Gasteiger partial charge in [0.05, 0.1) is 31.8 Å². The molecule has 2 unspecified atom stereocenters. The van der Waals surface area contributed by atoms with Gasteiger partial charge in [-0.1, -0.05) is 0 Å². The van der Waals surface area contributed by atoms with Gasteiger partial charge in [0.15, 0.2) is 4.31 Å². The van der Waals surface area contributed by atoms with Crippen molar-refractivity contribution in [3.8, 4) is 0 Å². The maximum atomic E-state index is 9.39. The van der Waals surface area contributed by atoms with E-state index in [-0.39, 0.29) is 24.8 Å². The maximum absolute atomic E-state index is 9.39. The van der Waals surface area contributed by atoms with Crippen LogP contribution in [0.15, 0.2) is 0 Å². The largest absolute Gasteiger partial charge is 0.745 e. The van der Waals surface area contributed by atoms with Gasteiger partial charge in [-0.3, -0.25) is 0 Å². The highest BCUT2D eigenvalue weighted by atomic mass is 35.5. The van der Waals surface area contributed by atoms with E-state index in [0.717, 1.165) is 0 Å². The first-order valence-corrected chi connectivity index (χ1v) is 7.39. The predicted octanol–water partition coefficient (Wildman–Crippen LogP) is -2.01. The van der Waals surface area contributed by atoms with Crippen molar-refractivity contribution in [2.24, 2.45) is 16.9 Å². The van der Waals surface area contributed by atoms with Crippen molar-refractivity contribution in [2.45, 2.75) is 0 Å². The molecule has 0 saturated heterocycles. The Morgan fingerprint density at radius 2 is 1.00 bits per heavy atom. The molecule has 0 aliphatic rings. The molecule has 0 spiro atoms. The fourth-order valence-electron chi connectivity index (χ4n) is 0.360. The van der Waals surface area contributed by atoms with E-state index in [0.29, 0.717) is 13.1 Å². The van der Waals surface area contributed by atoms with Crippen LogP contribution in [0, 0.1) is 5.41 Å². The zero-order valence-corrected chi connectivity index (χ0v) is 14.9. The van der Waals surface area contributed by atoms with Gasteiger partial charge in [-0.05, 0) is 0 Å². The van der Waals surface area contributed by atoms with E-state index in [9.17, 15) is 9.13 Å². The summed E-state index contributed by atoms with van der Waals surface area (Å²) in [6, 6.07) is 0. The second-order valence-corrected chi connectivity index (χ2v) is 4.87. The minimum absolute atomic E-state index is 0. The van der Waals surface area contributed by atoms with E-state index in [1.54, 1.807) is 0 Å². The highest BCUT2D eigenvalue weighted by Crippen LogP contribution is 2.30. The lowest BCUT2D eigenvalue weighted by molar-refractivity contribution is -0.0328. The molecule has 0 fully saturated rings. The van der Waals surface area contributed by atoms with Gasteiger partial charge in [-0.2, -0.15) is 0 Å². The number of hydrogen-bond donors (Lipinski definition) is 8. The highest BCUT2D eigenvalue weighted by Gasteiger charge is 2.31. The number of hydrogen-bond acceptors (Lipinski definition) is 9. The monoisotopic (exact) mass is 412 g/mol. The number of aliphatic hydroxyl groups excluding tert-OH is 4. The molecular formula is C7H24Cl2N2O9P2+2. The average Bonchev–Trinajstić information content (AvgIpc) is 2.41. The Bertz CT molecular complexity index is 231. The second-order valence-electron chi connectivity index (χ2n) is 3.27. The Morgan fingerprint density at radius 1 is 0.773 bits per heavy atom. The smallest absolute Gasteiger partial charge is 0.396 e. The van der Waals surface area contributed by atoms with E-state index in [1.807, 2.05) is 0 Å². The summed E-state index contributed by atoms with van der Waals surface area (Å²) >= 11 is 0. The Morgan fingerprint density at radius 3 is 1.00 bits per heavy atom. The van der Waals surface area contributed by atoms with Crippen LogP contribution in [0.4, 0.5) is 0 Å². The van der Waals surface area contributed by atoms with Crippen molar-refractivity contribution in [2.75, 3.05) is 39.5 Å². The third-order valence-corrected chi connectivity index (χ3v) is 2.77. The van der Waals surface area contributed by atoms with Crippen LogP contribution >= 0.6 is 41.3 Å². The van der Waals surface area contributed by atoms with Crippen LogP contribution in [0.25, 0.3) is 0 Å². The summed E-state index contributed by atoms with van der Waals surface area (Å²) in [6.45, 7) is -0.431. The van der Waals surface area contributed by atoms with E-state index in [4.69, 9.17) is 41.7 Å². The maximum Gasteiger partial charge on any atom is 0.745 e. The molecule has 0 aromatic heterocycles. The molecule has 0 bridgehead atoms. The van der Waals surface area contributed by atoms with Crippen LogP contribution in [0.5, 0.6) is 0 Å². The molecule has 0 radical (unpaired) electrons. The summed E-state index contributed by atoms with van der Waals surface area (Å²) in [4.78, 5) is 15.3. The fraction of sp³-hybridized carbons (Fsp3) is 1.00. The molecule has 0 aromatic carbocycles. The number of aliphatic hydroxyl groups is 4. The molecule has 138 valence electrons. The second kappa shape index (κ2) is 23.7. The van der Waals surface area contributed by atoms with Gasteiger partial charge in [0.2, 0.25) is 0 Å². The molecule has 0 aliphatic heterocycles. The van der Waals surface area contributed by atoms with Crippen LogP contribution in [0.3, 0.4) is 0 Å². The van der Waals surface area contributed by atoms with Gasteiger partial charge in [0, 0.05) is 22.2 Å². The lowest BCUT2D eigenvalue weighted by Crippen LogP contribution is -2.37. The molecular weight excluding hydrogens is 389 g/mol. The van der Waals surface area contributed by atoms with Crippen molar-refractivity contribution in [1.82, 2.24) is 0 Å². The Balaban J connectivity index is -0.0000000670. The lowest BCUT2D eigenvalue weighted by Gasteiger charge is -2.23. The first-order valence-electron chi connectivity index (χ1n) is 5.13. The quantitative estimate of drug-likeness (QED) is 0.213. The fourth-order valence-corrected chi connectivity index (χ4v) is 0.838. The molecule has 0 saturated carbocycles. The third-order valence-electron chi connectivity index (χ3n) is 1.65. The average molecular weight is 413 g/mol. The molecule has 10 N–H and O–H groups in total. The first kappa shape index (κ1) is 33.9. The summed E-state index contributed by atoms with van der Waals surface area (Å²) in [5, 5.41) is 34.0. The Labute approximate surface area is 142 Å². The summed E-state index contributed by atoms with van der Waals surface area (Å²) in [5.74, 6) is 0. The third kappa shape index (κ3) is 25.4. The van der Waals surface area contributed by atoms with Gasteiger partial charge in [-0.15, -0.1) is 34.6 Å². The molecule has 0 heterocycles. The summed E-state index contributed by atoms with van der Waals surface area (Å²) in [7, 11) is -5.85. The molecule has 0 aromatic rings. The number of nitrogens with two attached hydrogens (primary N) is 2. The van der Waals surface area contributed by atoms with Gasteiger partial charge >= 0.3 is 16.5 Å². The van der Waals surface area contributed by atoms with Crippen molar-refractivity contribution >= 4 is 41.3 Å². The van der Waals surface area contributed by atoms with Crippen molar-refractivity contribution in [1.29, 1.82) is 0 Å². The molecule has 0 amide bonds. The van der Waals surface area contributed by atoms with E-state index < -0.39 is 48.4 Å². The van der Waals surface area contributed by atoms with Gasteiger partial charge in [-0.25, -0.2) is 0 Å². The molecule has 0 aliphatic carbocycles. The lowest BCUT2D eigenvalue weighted by atomic mass is 9.93. The Hall–Kier alpha value is 0.420. The van der Waals surface area contributed by atoms with E-state index in [2.05, 4.69) is 4.31 Å². The normalized spacial score (nSPS) is 10.5. The minimum atomic E-state index is -2.92. The van der Waals surface area contributed by atoms with Crippen molar-refractivity contribution in [3.63, 3.8) is 0 Å². The van der Waals surface area contributed by atoms with Crippen LogP contribution in [-0.2, 0) is 13.4 Å². The van der Waals surface area contributed by atoms with Crippen molar-refractivity contribution in [3.05, 3.63) is 0 Å². The molecule has 22 heavy (non-hydrogen) atoms. The van der Waals surface area contributed by atoms with Crippen molar-refractivity contribution < 1.29 is 43.7 Å². The van der Waals surface area contributed by atoms with Crippen LogP contribution < -0.4 is 11.5 Å². The number of rotatable bonds is 7. The van der Waals surface area contributed by atoms with E-state index >= 15 is 0 Å². The number of halogens is 2. The predicted molar refractivity (Wildman–Crippen MR) is 84.1 cm³/mol.